The number of amides is 1. The molecule has 0 saturated carbocycles. The predicted octanol–water partition coefficient (Wildman–Crippen LogP) is 2.81. The molecule has 0 spiro atoms. The molecule has 1 amide bonds. The van der Waals surface area contributed by atoms with Gasteiger partial charge < -0.3 is 16.2 Å². The van der Waals surface area contributed by atoms with Gasteiger partial charge in [-0.3, -0.25) is 4.79 Å². The lowest BCUT2D eigenvalue weighted by atomic mass is 10.2. The first-order valence-electron chi connectivity index (χ1n) is 5.19. The second kappa shape index (κ2) is 4.98. The molecule has 0 radical (unpaired) electrons. The Hall–Kier alpha value is -2.20. The molecule has 0 unspecified atom stereocenters. The van der Waals surface area contributed by atoms with E-state index in [4.69, 9.17) is 27.8 Å². The van der Waals surface area contributed by atoms with E-state index in [0.717, 1.165) is 0 Å². The third-order valence-corrected chi connectivity index (χ3v) is 2.63. The summed E-state index contributed by atoms with van der Waals surface area (Å²) in [6, 6.07) is 11.6. The maximum Gasteiger partial charge on any atom is 0.248 e. The number of benzene rings is 2. The van der Waals surface area contributed by atoms with Crippen molar-refractivity contribution in [1.82, 2.24) is 0 Å². The zero-order valence-electron chi connectivity index (χ0n) is 9.39. The van der Waals surface area contributed by atoms with Gasteiger partial charge in [-0.2, -0.15) is 0 Å². The van der Waals surface area contributed by atoms with E-state index in [2.05, 4.69) is 0 Å². The summed E-state index contributed by atoms with van der Waals surface area (Å²) in [5.41, 5.74) is 11.7. The SMILES string of the molecule is NC(=O)c1cccc(Oc2c(N)cccc2Cl)c1. The number of carbonyl (C=O) groups is 1. The molecule has 4 nitrogen and oxygen atoms in total. The summed E-state index contributed by atoms with van der Waals surface area (Å²) in [4.78, 5) is 11.1. The Morgan fingerprint density at radius 2 is 1.89 bits per heavy atom. The van der Waals surface area contributed by atoms with E-state index in [1.54, 1.807) is 36.4 Å². The van der Waals surface area contributed by atoms with Gasteiger partial charge in [-0.15, -0.1) is 0 Å². The molecule has 2 aromatic rings. The van der Waals surface area contributed by atoms with Gasteiger partial charge in [0.25, 0.3) is 0 Å². The summed E-state index contributed by atoms with van der Waals surface area (Å²) < 4.78 is 5.57. The lowest BCUT2D eigenvalue weighted by molar-refractivity contribution is 0.1000. The number of rotatable bonds is 3. The number of anilines is 1. The molecule has 0 aliphatic carbocycles. The maximum atomic E-state index is 11.1. The number of hydrogen-bond donors (Lipinski definition) is 2. The molecule has 0 aliphatic heterocycles. The van der Waals surface area contributed by atoms with Crippen LogP contribution in [0.3, 0.4) is 0 Å². The summed E-state index contributed by atoms with van der Waals surface area (Å²) in [5, 5.41) is 0.402. The molecule has 0 atom stereocenters. The second-order valence-electron chi connectivity index (χ2n) is 3.65. The van der Waals surface area contributed by atoms with Crippen molar-refractivity contribution in [3.8, 4) is 11.5 Å². The molecule has 0 aromatic heterocycles. The molecule has 4 N–H and O–H groups in total. The fourth-order valence-corrected chi connectivity index (χ4v) is 1.68. The lowest BCUT2D eigenvalue weighted by Gasteiger charge is -2.10. The molecule has 2 aromatic carbocycles. The standard InChI is InChI=1S/C13H11ClN2O2/c14-10-5-2-6-11(15)12(10)18-9-4-1-3-8(7-9)13(16)17/h1-7H,15H2,(H2,16,17). The van der Waals surface area contributed by atoms with Crippen LogP contribution in [0.5, 0.6) is 11.5 Å². The quantitative estimate of drug-likeness (QED) is 0.835. The Balaban J connectivity index is 2.34. The molecule has 92 valence electrons. The van der Waals surface area contributed by atoms with E-state index < -0.39 is 5.91 Å². The molecule has 5 heteroatoms. The van der Waals surface area contributed by atoms with Crippen molar-refractivity contribution in [3.63, 3.8) is 0 Å². The number of carbonyl (C=O) groups excluding carboxylic acids is 1. The number of hydrogen-bond acceptors (Lipinski definition) is 3. The second-order valence-corrected chi connectivity index (χ2v) is 4.06. The monoisotopic (exact) mass is 262 g/mol. The van der Waals surface area contributed by atoms with Crippen LogP contribution in [-0.2, 0) is 0 Å². The van der Waals surface area contributed by atoms with Gasteiger partial charge in [-0.05, 0) is 30.3 Å². The number of halogens is 1. The van der Waals surface area contributed by atoms with Gasteiger partial charge in [0.05, 0.1) is 10.7 Å². The highest BCUT2D eigenvalue weighted by molar-refractivity contribution is 6.32. The van der Waals surface area contributed by atoms with Crippen molar-refractivity contribution in [3.05, 3.63) is 53.1 Å². The molecular weight excluding hydrogens is 252 g/mol. The third-order valence-electron chi connectivity index (χ3n) is 2.34. The van der Waals surface area contributed by atoms with Gasteiger partial charge in [-0.1, -0.05) is 23.7 Å². The molecule has 0 fully saturated rings. The third kappa shape index (κ3) is 2.55. The zero-order chi connectivity index (χ0) is 13.1. The highest BCUT2D eigenvalue weighted by Crippen LogP contribution is 2.34. The molecular formula is C13H11ClN2O2. The average Bonchev–Trinajstić information content (AvgIpc) is 2.34. The highest BCUT2D eigenvalue weighted by atomic mass is 35.5. The van der Waals surface area contributed by atoms with Crippen molar-refractivity contribution in [2.75, 3.05) is 5.73 Å². The number of ether oxygens (including phenoxy) is 1. The van der Waals surface area contributed by atoms with Gasteiger partial charge in [0, 0.05) is 5.56 Å². The topological polar surface area (TPSA) is 78.3 Å². The number of para-hydroxylation sites is 1. The molecule has 0 saturated heterocycles. The van der Waals surface area contributed by atoms with Crippen molar-refractivity contribution in [1.29, 1.82) is 0 Å². The lowest BCUT2D eigenvalue weighted by Crippen LogP contribution is -2.10. The first-order chi connectivity index (χ1) is 8.58. The molecule has 18 heavy (non-hydrogen) atoms. The van der Waals surface area contributed by atoms with E-state index in [-0.39, 0.29) is 0 Å². The highest BCUT2D eigenvalue weighted by Gasteiger charge is 2.08. The van der Waals surface area contributed by atoms with Crippen LogP contribution in [0.2, 0.25) is 5.02 Å². The van der Waals surface area contributed by atoms with Crippen molar-refractivity contribution in [2.24, 2.45) is 5.73 Å². The molecule has 0 aliphatic rings. The van der Waals surface area contributed by atoms with Crippen LogP contribution in [0.15, 0.2) is 42.5 Å². The largest absolute Gasteiger partial charge is 0.454 e. The van der Waals surface area contributed by atoms with Crippen LogP contribution in [0, 0.1) is 0 Å². The Bertz CT molecular complexity index is 579. The van der Waals surface area contributed by atoms with Crippen LogP contribution < -0.4 is 16.2 Å². The van der Waals surface area contributed by atoms with E-state index in [9.17, 15) is 4.79 Å². The Labute approximate surface area is 109 Å². The summed E-state index contributed by atoms with van der Waals surface area (Å²) in [6.07, 6.45) is 0. The van der Waals surface area contributed by atoms with E-state index in [1.165, 1.54) is 6.07 Å². The van der Waals surface area contributed by atoms with Gasteiger partial charge in [-0.25, -0.2) is 0 Å². The first kappa shape index (κ1) is 12.3. The predicted molar refractivity (Wildman–Crippen MR) is 70.9 cm³/mol. The van der Waals surface area contributed by atoms with Gasteiger partial charge in [0.15, 0.2) is 5.75 Å². The van der Waals surface area contributed by atoms with E-state index in [0.29, 0.717) is 27.8 Å². The van der Waals surface area contributed by atoms with Crippen molar-refractivity contribution >= 4 is 23.2 Å². The van der Waals surface area contributed by atoms with Gasteiger partial charge in [0.2, 0.25) is 5.91 Å². The van der Waals surface area contributed by atoms with Crippen molar-refractivity contribution in [2.45, 2.75) is 0 Å². The Morgan fingerprint density at radius 1 is 1.17 bits per heavy atom. The van der Waals surface area contributed by atoms with Crippen LogP contribution in [0.1, 0.15) is 10.4 Å². The van der Waals surface area contributed by atoms with E-state index in [1.807, 2.05) is 0 Å². The molecule has 0 bridgehead atoms. The van der Waals surface area contributed by atoms with Crippen LogP contribution in [0.25, 0.3) is 0 Å². The zero-order valence-corrected chi connectivity index (χ0v) is 10.1. The van der Waals surface area contributed by atoms with Gasteiger partial charge >= 0.3 is 0 Å². The van der Waals surface area contributed by atoms with Crippen LogP contribution in [0.4, 0.5) is 5.69 Å². The molecule has 2 rings (SSSR count). The fraction of sp³-hybridized carbons (Fsp3) is 0. The Morgan fingerprint density at radius 3 is 2.56 bits per heavy atom. The number of nitrogen functional groups attached to an aromatic ring is 1. The summed E-state index contributed by atoms with van der Waals surface area (Å²) in [5.74, 6) is 0.291. The molecule has 0 heterocycles. The number of nitrogens with two attached hydrogens (primary N) is 2. The van der Waals surface area contributed by atoms with Crippen molar-refractivity contribution < 1.29 is 9.53 Å². The number of primary amides is 1. The maximum absolute atomic E-state index is 11.1. The fourth-order valence-electron chi connectivity index (χ4n) is 1.46. The van der Waals surface area contributed by atoms with E-state index >= 15 is 0 Å². The summed E-state index contributed by atoms with van der Waals surface area (Å²) >= 11 is 5.99. The normalized spacial score (nSPS) is 10.1. The smallest absolute Gasteiger partial charge is 0.248 e. The minimum absolute atomic E-state index is 0.359. The average molecular weight is 263 g/mol. The minimum atomic E-state index is -0.521. The van der Waals surface area contributed by atoms with Crippen LogP contribution >= 0.6 is 11.6 Å². The van der Waals surface area contributed by atoms with Gasteiger partial charge in [0.1, 0.15) is 5.75 Å². The summed E-state index contributed by atoms with van der Waals surface area (Å²) in [7, 11) is 0. The summed E-state index contributed by atoms with van der Waals surface area (Å²) in [6.45, 7) is 0. The minimum Gasteiger partial charge on any atom is -0.454 e. The van der Waals surface area contributed by atoms with Crippen LogP contribution in [-0.4, -0.2) is 5.91 Å². The Kier molecular flexibility index (Phi) is 3.39. The first-order valence-corrected chi connectivity index (χ1v) is 5.57.